The van der Waals surface area contributed by atoms with Gasteiger partial charge in [-0.25, -0.2) is 13.6 Å². The van der Waals surface area contributed by atoms with Crippen molar-refractivity contribution in [2.45, 2.75) is 89.4 Å². The van der Waals surface area contributed by atoms with Crippen molar-refractivity contribution >= 4 is 33.6 Å². The van der Waals surface area contributed by atoms with E-state index in [9.17, 15) is 9.18 Å². The molecule has 0 saturated carbocycles. The van der Waals surface area contributed by atoms with Gasteiger partial charge in [0, 0.05) is 37.4 Å². The molecule has 0 N–H and O–H groups in total. The molecule has 2 aromatic heterocycles. The second-order valence-electron chi connectivity index (χ2n) is 16.0. The van der Waals surface area contributed by atoms with Crippen molar-refractivity contribution < 1.29 is 27.8 Å². The maximum Gasteiger partial charge on any atom is 0.410 e. The van der Waals surface area contributed by atoms with Crippen LogP contribution in [0.1, 0.15) is 58.4 Å². The van der Waals surface area contributed by atoms with E-state index in [4.69, 9.17) is 14.2 Å². The van der Waals surface area contributed by atoms with E-state index in [0.29, 0.717) is 54.8 Å². The van der Waals surface area contributed by atoms with Gasteiger partial charge in [-0.2, -0.15) is 9.97 Å². The van der Waals surface area contributed by atoms with Crippen LogP contribution in [0.25, 0.3) is 32.9 Å². The van der Waals surface area contributed by atoms with Gasteiger partial charge in [0.2, 0.25) is 0 Å². The van der Waals surface area contributed by atoms with Crippen LogP contribution in [0, 0.1) is 5.82 Å². The zero-order valence-electron chi connectivity index (χ0n) is 31.9. The Hall–Kier alpha value is -5.10. The number of piperazine rings is 1. The highest BCUT2D eigenvalue weighted by molar-refractivity contribution is 6.00. The molecule has 6 heterocycles. The number of nitrogens with zero attached hydrogens (tertiary/aromatic N) is 6. The van der Waals surface area contributed by atoms with Gasteiger partial charge in [-0.1, -0.05) is 54.6 Å². The zero-order chi connectivity index (χ0) is 38.3. The van der Waals surface area contributed by atoms with Gasteiger partial charge in [0.1, 0.15) is 41.2 Å². The Labute approximate surface area is 320 Å². The first-order valence-electron chi connectivity index (χ1n) is 19.3. The maximum absolute atomic E-state index is 16.7. The fourth-order valence-electron chi connectivity index (χ4n) is 8.56. The number of benzene rings is 3. The average molecular weight is 751 g/mol. The fourth-order valence-corrected chi connectivity index (χ4v) is 8.56. The van der Waals surface area contributed by atoms with Crippen molar-refractivity contribution in [1.29, 1.82) is 0 Å². The van der Waals surface area contributed by atoms with E-state index in [0.717, 1.165) is 42.1 Å². The minimum atomic E-state index is -0.580. The minimum Gasteiger partial charge on any atom is -0.489 e. The molecule has 4 aliphatic rings. The summed E-state index contributed by atoms with van der Waals surface area (Å²) in [5.41, 5.74) is 1.33. The van der Waals surface area contributed by atoms with Crippen molar-refractivity contribution in [3.05, 3.63) is 84.3 Å². The standard InChI is InChI=1S/C36H36FN5O4.C7H12FN/c1-36(2,3)46-35(43)42-24-14-15-25(42)20-41(19-24)33-29-18-38-31(30(37)32(29)39-34(40-33)44-4)28-17-26(16-23-12-8-9-13-27(23)28)45-21-22-10-6-5-7-11-22;8-6-4-7-2-1-3-9(7)5-6/h5-13,16-18,24-25H,14-15,19-21H2,1-4H3;6-7H,1-5H2. The van der Waals surface area contributed by atoms with Gasteiger partial charge in [0.05, 0.1) is 24.6 Å². The highest BCUT2D eigenvalue weighted by Crippen LogP contribution is 2.40. The summed E-state index contributed by atoms with van der Waals surface area (Å²) in [6.45, 7) is 8.90. The molecule has 5 aromatic rings. The van der Waals surface area contributed by atoms with Crippen LogP contribution in [0.2, 0.25) is 0 Å². The molecule has 4 aliphatic heterocycles. The molecule has 9 rings (SSSR count). The molecule has 55 heavy (non-hydrogen) atoms. The molecule has 0 aliphatic carbocycles. The van der Waals surface area contributed by atoms with Gasteiger partial charge in [-0.05, 0) is 87.9 Å². The van der Waals surface area contributed by atoms with Crippen molar-refractivity contribution in [2.24, 2.45) is 0 Å². The Morgan fingerprint density at radius 3 is 2.38 bits per heavy atom. The SMILES string of the molecule is COc1nc(N2CC3CCC(C2)N3C(=O)OC(C)(C)C)c2cnc(-c3cc(OCc4ccccc4)cc4ccccc34)c(F)c2n1.FC1CC2CCCN2C1. The minimum absolute atomic E-state index is 0.0494. The number of fused-ring (bicyclic) bond motifs is 5. The van der Waals surface area contributed by atoms with Gasteiger partial charge in [0.25, 0.3) is 0 Å². The molecule has 3 aromatic carbocycles. The maximum atomic E-state index is 16.7. The number of anilines is 1. The molecule has 10 nitrogen and oxygen atoms in total. The lowest BCUT2D eigenvalue weighted by atomic mass is 10.00. The Balaban J connectivity index is 0.000000413. The number of pyridine rings is 1. The average Bonchev–Trinajstić information content (AvgIpc) is 3.84. The van der Waals surface area contributed by atoms with Crippen molar-refractivity contribution in [3.8, 4) is 23.0 Å². The lowest BCUT2D eigenvalue weighted by molar-refractivity contribution is 0.0122. The number of hydrogen-bond acceptors (Lipinski definition) is 9. The molecule has 4 saturated heterocycles. The molecule has 0 radical (unpaired) electrons. The molecule has 2 bridgehead atoms. The number of amides is 1. The molecule has 4 atom stereocenters. The number of carbonyl (C=O) groups is 1. The van der Waals surface area contributed by atoms with E-state index in [-0.39, 0.29) is 35.4 Å². The molecule has 12 heteroatoms. The lowest BCUT2D eigenvalue weighted by Crippen LogP contribution is -2.57. The first-order chi connectivity index (χ1) is 26.5. The number of halogens is 2. The van der Waals surface area contributed by atoms with Crippen LogP contribution in [0.3, 0.4) is 0 Å². The monoisotopic (exact) mass is 750 g/mol. The van der Waals surface area contributed by atoms with Crippen LogP contribution in [-0.4, -0.2) is 94.0 Å². The summed E-state index contributed by atoms with van der Waals surface area (Å²) in [5, 5.41) is 2.23. The number of hydrogen-bond donors (Lipinski definition) is 0. The predicted octanol–water partition coefficient (Wildman–Crippen LogP) is 8.35. The van der Waals surface area contributed by atoms with Crippen LogP contribution < -0.4 is 14.4 Å². The number of methoxy groups -OCH3 is 1. The second-order valence-corrected chi connectivity index (χ2v) is 16.0. The molecule has 1 amide bonds. The summed E-state index contributed by atoms with van der Waals surface area (Å²) in [7, 11) is 1.47. The van der Waals surface area contributed by atoms with Gasteiger partial charge in [-0.15, -0.1) is 0 Å². The quantitative estimate of drug-likeness (QED) is 0.170. The number of aromatic nitrogens is 3. The van der Waals surface area contributed by atoms with Crippen molar-refractivity contribution in [1.82, 2.24) is 24.8 Å². The van der Waals surface area contributed by atoms with Crippen molar-refractivity contribution in [2.75, 3.05) is 38.2 Å². The number of ether oxygens (including phenoxy) is 3. The highest BCUT2D eigenvalue weighted by Gasteiger charge is 2.45. The number of carbonyl (C=O) groups excluding carboxylic acids is 1. The number of alkyl halides is 1. The van der Waals surface area contributed by atoms with E-state index >= 15 is 4.39 Å². The first-order valence-corrected chi connectivity index (χ1v) is 19.3. The third kappa shape index (κ3) is 7.74. The summed E-state index contributed by atoms with van der Waals surface area (Å²) >= 11 is 0. The molecule has 0 spiro atoms. The van der Waals surface area contributed by atoms with E-state index in [2.05, 4.69) is 24.8 Å². The predicted molar refractivity (Wildman–Crippen MR) is 209 cm³/mol. The lowest BCUT2D eigenvalue weighted by Gasteiger charge is -2.42. The third-order valence-electron chi connectivity index (χ3n) is 11.0. The third-order valence-corrected chi connectivity index (χ3v) is 11.0. The molecule has 4 fully saturated rings. The van der Waals surface area contributed by atoms with Crippen LogP contribution in [-0.2, 0) is 11.3 Å². The van der Waals surface area contributed by atoms with Crippen LogP contribution in [0.15, 0.2) is 72.9 Å². The Bertz CT molecular complexity index is 2160. The van der Waals surface area contributed by atoms with E-state index < -0.39 is 17.6 Å². The van der Waals surface area contributed by atoms with Crippen LogP contribution in [0.4, 0.5) is 19.4 Å². The summed E-state index contributed by atoms with van der Waals surface area (Å²) in [4.78, 5) is 33.1. The molecular formula is C43H48F2N6O4. The van der Waals surface area contributed by atoms with E-state index in [1.807, 2.05) is 92.4 Å². The topological polar surface area (TPSA) is 93.2 Å². The van der Waals surface area contributed by atoms with Crippen molar-refractivity contribution in [3.63, 3.8) is 0 Å². The van der Waals surface area contributed by atoms with E-state index in [1.54, 1.807) is 6.20 Å². The smallest absolute Gasteiger partial charge is 0.410 e. The van der Waals surface area contributed by atoms with E-state index in [1.165, 1.54) is 20.0 Å². The molecule has 288 valence electrons. The largest absolute Gasteiger partial charge is 0.489 e. The summed E-state index contributed by atoms with van der Waals surface area (Å²) in [6, 6.07) is 22.0. The van der Waals surface area contributed by atoms with Crippen LogP contribution in [0.5, 0.6) is 11.8 Å². The first kappa shape index (κ1) is 36.9. The number of rotatable bonds is 6. The zero-order valence-corrected chi connectivity index (χ0v) is 31.9. The van der Waals surface area contributed by atoms with Gasteiger partial charge < -0.3 is 19.1 Å². The fraction of sp³-hybridized carbons (Fsp3) is 0.442. The summed E-state index contributed by atoms with van der Waals surface area (Å²) in [6.07, 6.45) is 5.86. The van der Waals surface area contributed by atoms with Crippen LogP contribution >= 0.6 is 0 Å². The van der Waals surface area contributed by atoms with Gasteiger partial charge in [0.15, 0.2) is 5.82 Å². The molecule has 4 unspecified atom stereocenters. The Kier molecular flexibility index (Phi) is 10.2. The normalized spacial score (nSPS) is 22.1. The van der Waals surface area contributed by atoms with Gasteiger partial charge in [-0.3, -0.25) is 14.8 Å². The Morgan fingerprint density at radius 2 is 1.65 bits per heavy atom. The molecular weight excluding hydrogens is 703 g/mol. The Morgan fingerprint density at radius 1 is 0.909 bits per heavy atom. The highest BCUT2D eigenvalue weighted by atomic mass is 19.1. The second kappa shape index (κ2) is 15.2. The summed E-state index contributed by atoms with van der Waals surface area (Å²) < 4.78 is 46.6. The van der Waals surface area contributed by atoms with Gasteiger partial charge >= 0.3 is 12.1 Å². The summed E-state index contributed by atoms with van der Waals surface area (Å²) in [5.74, 6) is 0.573.